The highest BCUT2D eigenvalue weighted by atomic mass is 19.1. The van der Waals surface area contributed by atoms with Crippen LogP contribution in [-0.4, -0.2) is 34.4 Å². The highest BCUT2D eigenvalue weighted by molar-refractivity contribution is 5.77. The summed E-state index contributed by atoms with van der Waals surface area (Å²) in [6, 6.07) is 11.5. The van der Waals surface area contributed by atoms with Crippen LogP contribution in [0.1, 0.15) is 17.2 Å². The van der Waals surface area contributed by atoms with Gasteiger partial charge in [0.15, 0.2) is 0 Å². The van der Waals surface area contributed by atoms with Crippen LogP contribution in [0.3, 0.4) is 0 Å². The van der Waals surface area contributed by atoms with E-state index in [1.165, 1.54) is 12.1 Å². The lowest BCUT2D eigenvalue weighted by Crippen LogP contribution is -2.20. The van der Waals surface area contributed by atoms with Crippen LogP contribution in [0.4, 0.5) is 10.3 Å². The second-order valence-electron chi connectivity index (χ2n) is 5.71. The summed E-state index contributed by atoms with van der Waals surface area (Å²) < 4.78 is 25.7. The Kier molecular flexibility index (Phi) is 4.00. The number of allylic oxidation sites excluding steroid dienone is 1. The molecule has 0 saturated carbocycles. The smallest absolute Gasteiger partial charge is 0.248 e. The summed E-state index contributed by atoms with van der Waals surface area (Å²) in [6.45, 7) is 0. The first-order chi connectivity index (χ1) is 12.7. The van der Waals surface area contributed by atoms with Crippen molar-refractivity contribution in [3.05, 3.63) is 65.5 Å². The molecule has 0 bridgehead atoms. The molecule has 0 fully saturated rings. The number of benzene rings is 2. The minimum atomic E-state index is -0.290. The van der Waals surface area contributed by atoms with Crippen molar-refractivity contribution < 1.29 is 13.9 Å². The molecule has 1 aromatic heterocycles. The van der Waals surface area contributed by atoms with Gasteiger partial charge in [-0.2, -0.15) is 4.68 Å². The number of nitrogens with one attached hydrogen (secondary N) is 1. The summed E-state index contributed by atoms with van der Waals surface area (Å²) in [7, 11) is 3.20. The second kappa shape index (κ2) is 6.47. The van der Waals surface area contributed by atoms with E-state index in [9.17, 15) is 4.39 Å². The molecule has 4 rings (SSSR count). The predicted molar refractivity (Wildman–Crippen MR) is 93.5 cm³/mol. The van der Waals surface area contributed by atoms with Crippen molar-refractivity contribution in [3.8, 4) is 11.5 Å². The van der Waals surface area contributed by atoms with E-state index in [2.05, 4.69) is 20.8 Å². The van der Waals surface area contributed by atoms with Crippen LogP contribution in [0.2, 0.25) is 0 Å². The number of methoxy groups -OCH3 is 2. The first-order valence-electron chi connectivity index (χ1n) is 7.94. The molecule has 0 radical (unpaired) electrons. The average Bonchev–Trinajstić information content (AvgIpc) is 3.16. The molecular weight excluding hydrogens is 337 g/mol. The summed E-state index contributed by atoms with van der Waals surface area (Å²) in [5, 5.41) is 15.0. The number of aromatic nitrogens is 4. The Bertz CT molecular complexity index is 968. The van der Waals surface area contributed by atoms with E-state index in [1.54, 1.807) is 31.0 Å². The van der Waals surface area contributed by atoms with Gasteiger partial charge >= 0.3 is 0 Å². The average molecular weight is 353 g/mol. The van der Waals surface area contributed by atoms with Crippen molar-refractivity contribution in [2.24, 2.45) is 0 Å². The van der Waals surface area contributed by atoms with Crippen LogP contribution in [0.25, 0.3) is 5.70 Å². The van der Waals surface area contributed by atoms with Gasteiger partial charge < -0.3 is 14.8 Å². The van der Waals surface area contributed by atoms with Crippen LogP contribution >= 0.6 is 0 Å². The van der Waals surface area contributed by atoms with Crippen molar-refractivity contribution in [2.45, 2.75) is 6.04 Å². The molecule has 0 amide bonds. The number of tetrazole rings is 1. The maximum atomic E-state index is 13.3. The van der Waals surface area contributed by atoms with Crippen molar-refractivity contribution in [2.75, 3.05) is 19.5 Å². The van der Waals surface area contributed by atoms with E-state index in [0.29, 0.717) is 17.4 Å². The maximum Gasteiger partial charge on any atom is 0.248 e. The molecule has 26 heavy (non-hydrogen) atoms. The lowest BCUT2D eigenvalue weighted by atomic mass is 10.0. The zero-order valence-corrected chi connectivity index (χ0v) is 14.2. The van der Waals surface area contributed by atoms with Crippen molar-refractivity contribution >= 4 is 11.6 Å². The quantitative estimate of drug-likeness (QED) is 0.777. The molecule has 3 aromatic rings. The third-order valence-corrected chi connectivity index (χ3v) is 4.24. The second-order valence-corrected chi connectivity index (χ2v) is 5.71. The zero-order chi connectivity index (χ0) is 18.1. The minimum Gasteiger partial charge on any atom is -0.497 e. The number of anilines is 1. The molecule has 8 heteroatoms. The summed E-state index contributed by atoms with van der Waals surface area (Å²) >= 11 is 0. The Balaban J connectivity index is 1.82. The molecule has 1 atom stereocenters. The number of nitrogens with zero attached hydrogens (tertiary/aromatic N) is 4. The van der Waals surface area contributed by atoms with Gasteiger partial charge in [-0.15, -0.1) is 0 Å². The predicted octanol–water partition coefficient (Wildman–Crippen LogP) is 2.89. The molecule has 0 aliphatic carbocycles. The molecule has 1 aliphatic heterocycles. The van der Waals surface area contributed by atoms with Crippen LogP contribution in [0.5, 0.6) is 11.5 Å². The molecule has 7 nitrogen and oxygen atoms in total. The fourth-order valence-electron chi connectivity index (χ4n) is 2.94. The summed E-state index contributed by atoms with van der Waals surface area (Å²) in [5.74, 6) is 1.56. The first kappa shape index (κ1) is 16.1. The lowest BCUT2D eigenvalue weighted by Gasteiger charge is -2.24. The van der Waals surface area contributed by atoms with Gasteiger partial charge in [-0.3, -0.25) is 0 Å². The lowest BCUT2D eigenvalue weighted by molar-refractivity contribution is 0.387. The Morgan fingerprint density at radius 2 is 1.88 bits per heavy atom. The number of fused-ring (bicyclic) bond motifs is 1. The number of ether oxygens (including phenoxy) is 2. The molecule has 0 spiro atoms. The Morgan fingerprint density at radius 3 is 2.62 bits per heavy atom. The first-order valence-corrected chi connectivity index (χ1v) is 7.94. The number of hydrogen-bond donors (Lipinski definition) is 1. The van der Waals surface area contributed by atoms with E-state index in [4.69, 9.17) is 9.47 Å². The highest BCUT2D eigenvalue weighted by Gasteiger charge is 2.26. The van der Waals surface area contributed by atoms with E-state index in [1.807, 2.05) is 24.3 Å². The minimum absolute atomic E-state index is 0.289. The van der Waals surface area contributed by atoms with Crippen LogP contribution in [0.15, 0.2) is 48.5 Å². The van der Waals surface area contributed by atoms with E-state index in [0.717, 1.165) is 16.8 Å². The van der Waals surface area contributed by atoms with Crippen LogP contribution < -0.4 is 14.8 Å². The van der Waals surface area contributed by atoms with Gasteiger partial charge in [-0.1, -0.05) is 5.10 Å². The van der Waals surface area contributed by atoms with Gasteiger partial charge in [0.2, 0.25) is 5.95 Å². The fraction of sp³-hybridized carbons (Fsp3) is 0.167. The van der Waals surface area contributed by atoms with E-state index >= 15 is 0 Å². The van der Waals surface area contributed by atoms with Crippen LogP contribution in [-0.2, 0) is 0 Å². The van der Waals surface area contributed by atoms with Gasteiger partial charge in [0.1, 0.15) is 23.4 Å². The fourth-order valence-corrected chi connectivity index (χ4v) is 2.94. The molecule has 0 saturated heterocycles. The third-order valence-electron chi connectivity index (χ3n) is 4.24. The van der Waals surface area contributed by atoms with Crippen molar-refractivity contribution in [1.82, 2.24) is 20.2 Å². The normalized spacial score (nSPS) is 15.7. The number of rotatable bonds is 4. The third kappa shape index (κ3) is 2.75. The van der Waals surface area contributed by atoms with E-state index < -0.39 is 0 Å². The Hall–Kier alpha value is -3.42. The van der Waals surface area contributed by atoms with E-state index in [-0.39, 0.29) is 11.9 Å². The van der Waals surface area contributed by atoms with Gasteiger partial charge in [0, 0.05) is 17.3 Å². The molecule has 2 aromatic carbocycles. The van der Waals surface area contributed by atoms with Crippen molar-refractivity contribution in [3.63, 3.8) is 0 Å². The molecule has 1 unspecified atom stereocenters. The number of halogens is 1. The number of hydrogen-bond acceptors (Lipinski definition) is 6. The maximum absolute atomic E-state index is 13.3. The van der Waals surface area contributed by atoms with Gasteiger partial charge in [0.25, 0.3) is 0 Å². The summed E-state index contributed by atoms with van der Waals surface area (Å²) in [5.41, 5.74) is 2.50. The Morgan fingerprint density at radius 1 is 1.08 bits per heavy atom. The standard InChI is InChI=1S/C18H16FN5O2/c1-25-13-7-8-14(17(9-13)26-2)16-10-15(11-3-5-12(19)6-4-11)20-18-21-22-23-24(16)18/h3-10,16H,1-2H3,(H,20,21,23). The van der Waals surface area contributed by atoms with Crippen LogP contribution in [0, 0.1) is 5.82 Å². The summed E-state index contributed by atoms with van der Waals surface area (Å²) in [4.78, 5) is 0. The molecule has 2 heterocycles. The SMILES string of the molecule is COc1ccc(C2C=C(c3ccc(F)cc3)Nc3nnnn32)c(OC)c1. The molecule has 132 valence electrons. The van der Waals surface area contributed by atoms with Gasteiger partial charge in [0.05, 0.1) is 14.2 Å². The van der Waals surface area contributed by atoms with Gasteiger partial charge in [-0.25, -0.2) is 4.39 Å². The monoisotopic (exact) mass is 353 g/mol. The largest absolute Gasteiger partial charge is 0.497 e. The topological polar surface area (TPSA) is 74.1 Å². The molecule has 1 aliphatic rings. The summed E-state index contributed by atoms with van der Waals surface area (Å²) in [6.07, 6.45) is 1.97. The molecule has 1 N–H and O–H groups in total. The Labute approximate surface area is 149 Å². The zero-order valence-electron chi connectivity index (χ0n) is 14.2. The molecular formula is C18H16FN5O2. The highest BCUT2D eigenvalue weighted by Crippen LogP contribution is 2.37. The van der Waals surface area contributed by atoms with Gasteiger partial charge in [-0.05, 0) is 58.5 Å². The van der Waals surface area contributed by atoms with Crippen molar-refractivity contribution in [1.29, 1.82) is 0 Å².